The molecule has 182 valence electrons. The van der Waals surface area contributed by atoms with E-state index in [4.69, 9.17) is 5.11 Å². The molecule has 0 saturated heterocycles. The maximum absolute atomic E-state index is 12.7. The minimum atomic E-state index is -1.74. The molecule has 0 fully saturated rings. The first-order valence-electron chi connectivity index (χ1n) is 10.4. The molecule has 0 aromatic heterocycles. The van der Waals surface area contributed by atoms with Crippen LogP contribution in [0.1, 0.15) is 47.7 Å². The smallest absolute Gasteiger partial charge is 0.170 e. The van der Waals surface area contributed by atoms with Crippen molar-refractivity contribution in [3.8, 4) is 28.7 Å². The SMILES string of the molecule is C[C@H](CO)[C@@H](O)[C@H](O)[C@@H](O)[C@@H](C)c1c(O)cc(O)c(C(=O)CCc2ccc(O)c(O)c2)c1O. The van der Waals surface area contributed by atoms with Gasteiger partial charge in [0.05, 0.1) is 12.2 Å². The zero-order valence-corrected chi connectivity index (χ0v) is 18.3. The third-order valence-corrected chi connectivity index (χ3v) is 5.80. The molecule has 0 aliphatic heterocycles. The molecule has 0 radical (unpaired) electrons. The Morgan fingerprint density at radius 3 is 2.03 bits per heavy atom. The van der Waals surface area contributed by atoms with Crippen LogP contribution in [0, 0.1) is 5.92 Å². The third kappa shape index (κ3) is 5.66. The van der Waals surface area contributed by atoms with Crippen LogP contribution in [0.25, 0.3) is 0 Å². The number of aromatic hydroxyl groups is 5. The number of aliphatic hydroxyl groups excluding tert-OH is 4. The zero-order valence-electron chi connectivity index (χ0n) is 18.3. The first-order valence-corrected chi connectivity index (χ1v) is 10.4. The van der Waals surface area contributed by atoms with Crippen molar-refractivity contribution in [2.75, 3.05) is 6.61 Å². The molecule has 0 bridgehead atoms. The number of ketones is 1. The summed E-state index contributed by atoms with van der Waals surface area (Å²) in [5, 5.41) is 90.0. The molecule has 0 spiro atoms. The molecule has 0 unspecified atom stereocenters. The fraction of sp³-hybridized carbons (Fsp3) is 0.435. The molecule has 10 heteroatoms. The maximum Gasteiger partial charge on any atom is 0.170 e. The normalized spacial score (nSPS) is 16.1. The van der Waals surface area contributed by atoms with Gasteiger partial charge in [-0.1, -0.05) is 19.9 Å². The summed E-state index contributed by atoms with van der Waals surface area (Å²) in [6, 6.07) is 4.84. The quantitative estimate of drug-likeness (QED) is 0.179. The summed E-state index contributed by atoms with van der Waals surface area (Å²) in [5.41, 5.74) is -0.298. The van der Waals surface area contributed by atoms with Crippen molar-refractivity contribution in [2.24, 2.45) is 5.92 Å². The van der Waals surface area contributed by atoms with Crippen molar-refractivity contribution in [3.63, 3.8) is 0 Å². The first kappa shape index (κ1) is 26.2. The lowest BCUT2D eigenvalue weighted by atomic mass is 9.84. The molecule has 0 amide bonds. The first-order chi connectivity index (χ1) is 15.4. The van der Waals surface area contributed by atoms with Gasteiger partial charge in [-0.3, -0.25) is 4.79 Å². The Labute approximate surface area is 190 Å². The number of Topliss-reactive ketones (excluding diaryl/α,β-unsaturated/α-hetero) is 1. The molecule has 33 heavy (non-hydrogen) atoms. The van der Waals surface area contributed by atoms with Gasteiger partial charge in [-0.15, -0.1) is 0 Å². The summed E-state index contributed by atoms with van der Waals surface area (Å²) in [6.07, 6.45) is -5.04. The molecule has 0 aliphatic carbocycles. The summed E-state index contributed by atoms with van der Waals surface area (Å²) < 4.78 is 0. The largest absolute Gasteiger partial charge is 0.507 e. The minimum Gasteiger partial charge on any atom is -0.507 e. The Hall–Kier alpha value is -3.05. The van der Waals surface area contributed by atoms with E-state index in [2.05, 4.69) is 0 Å². The van der Waals surface area contributed by atoms with E-state index in [1.165, 1.54) is 32.0 Å². The lowest BCUT2D eigenvalue weighted by Crippen LogP contribution is -2.44. The van der Waals surface area contributed by atoms with E-state index in [1.807, 2.05) is 0 Å². The molecule has 0 heterocycles. The van der Waals surface area contributed by atoms with Crippen molar-refractivity contribution in [1.82, 2.24) is 0 Å². The minimum absolute atomic E-state index is 0.101. The van der Waals surface area contributed by atoms with E-state index in [-0.39, 0.29) is 29.9 Å². The van der Waals surface area contributed by atoms with Gasteiger partial charge in [-0.2, -0.15) is 0 Å². The van der Waals surface area contributed by atoms with Gasteiger partial charge in [-0.05, 0) is 24.1 Å². The fourth-order valence-electron chi connectivity index (χ4n) is 3.60. The van der Waals surface area contributed by atoms with E-state index in [1.54, 1.807) is 0 Å². The van der Waals surface area contributed by atoms with Gasteiger partial charge < -0.3 is 46.0 Å². The highest BCUT2D eigenvalue weighted by Crippen LogP contribution is 2.44. The summed E-state index contributed by atoms with van der Waals surface area (Å²) in [7, 11) is 0. The Kier molecular flexibility index (Phi) is 8.51. The molecular formula is C23H30O10. The second-order valence-corrected chi connectivity index (χ2v) is 8.22. The number of phenolic OH excluding ortho intramolecular Hbond substituents is 5. The van der Waals surface area contributed by atoms with Crippen LogP contribution in [0.2, 0.25) is 0 Å². The van der Waals surface area contributed by atoms with Gasteiger partial charge in [0.15, 0.2) is 17.3 Å². The summed E-state index contributed by atoms with van der Waals surface area (Å²) in [4.78, 5) is 12.7. The summed E-state index contributed by atoms with van der Waals surface area (Å²) in [6.45, 7) is 2.33. The fourth-order valence-corrected chi connectivity index (χ4v) is 3.60. The zero-order chi connectivity index (χ0) is 25.0. The van der Waals surface area contributed by atoms with Crippen molar-refractivity contribution in [2.45, 2.75) is 50.9 Å². The number of aryl methyl sites for hydroxylation is 1. The number of hydrogen-bond acceptors (Lipinski definition) is 10. The topological polar surface area (TPSA) is 199 Å². The van der Waals surface area contributed by atoms with E-state index in [9.17, 15) is 45.6 Å². The lowest BCUT2D eigenvalue weighted by molar-refractivity contribution is -0.0913. The maximum atomic E-state index is 12.7. The average Bonchev–Trinajstić information content (AvgIpc) is 2.77. The number of hydrogen-bond donors (Lipinski definition) is 9. The predicted octanol–water partition coefficient (Wildman–Crippen LogP) is 0.845. The second-order valence-electron chi connectivity index (χ2n) is 8.22. The Morgan fingerprint density at radius 1 is 0.818 bits per heavy atom. The number of benzene rings is 2. The Morgan fingerprint density at radius 2 is 1.45 bits per heavy atom. The van der Waals surface area contributed by atoms with E-state index < -0.39 is 65.3 Å². The van der Waals surface area contributed by atoms with Gasteiger partial charge in [0.25, 0.3) is 0 Å². The van der Waals surface area contributed by atoms with Crippen LogP contribution in [0.5, 0.6) is 28.7 Å². The van der Waals surface area contributed by atoms with E-state index in [0.717, 1.165) is 6.07 Å². The Bertz CT molecular complexity index is 990. The number of carbonyl (C=O) groups excluding carboxylic acids is 1. The molecule has 0 aliphatic rings. The molecule has 2 rings (SSSR count). The molecule has 5 atom stereocenters. The molecule has 9 N–H and O–H groups in total. The molecular weight excluding hydrogens is 436 g/mol. The van der Waals surface area contributed by atoms with Gasteiger partial charge >= 0.3 is 0 Å². The molecule has 10 nitrogen and oxygen atoms in total. The summed E-state index contributed by atoms with van der Waals surface area (Å²) in [5.74, 6) is -5.43. The number of phenols is 5. The number of aliphatic hydroxyl groups is 4. The number of rotatable bonds is 10. The summed E-state index contributed by atoms with van der Waals surface area (Å²) >= 11 is 0. The van der Waals surface area contributed by atoms with Crippen LogP contribution < -0.4 is 0 Å². The highest BCUT2D eigenvalue weighted by Gasteiger charge is 2.36. The Balaban J connectivity index is 2.31. The molecule has 2 aromatic rings. The third-order valence-electron chi connectivity index (χ3n) is 5.80. The molecule has 0 saturated carbocycles. The van der Waals surface area contributed by atoms with Crippen molar-refractivity contribution in [3.05, 3.63) is 41.0 Å². The van der Waals surface area contributed by atoms with Gasteiger partial charge in [0.1, 0.15) is 28.9 Å². The lowest BCUT2D eigenvalue weighted by Gasteiger charge is -2.30. The number of carbonyl (C=O) groups is 1. The van der Waals surface area contributed by atoms with Crippen molar-refractivity contribution >= 4 is 5.78 Å². The molecule has 2 aromatic carbocycles. The van der Waals surface area contributed by atoms with Gasteiger partial charge in [0, 0.05) is 36.5 Å². The van der Waals surface area contributed by atoms with Crippen LogP contribution in [0.3, 0.4) is 0 Å². The van der Waals surface area contributed by atoms with Crippen LogP contribution in [0.4, 0.5) is 0 Å². The predicted molar refractivity (Wildman–Crippen MR) is 117 cm³/mol. The van der Waals surface area contributed by atoms with Gasteiger partial charge in [0.2, 0.25) is 0 Å². The highest BCUT2D eigenvalue weighted by molar-refractivity contribution is 6.02. The van der Waals surface area contributed by atoms with Crippen molar-refractivity contribution in [1.29, 1.82) is 0 Å². The van der Waals surface area contributed by atoms with Crippen molar-refractivity contribution < 1.29 is 50.8 Å². The monoisotopic (exact) mass is 466 g/mol. The highest BCUT2D eigenvalue weighted by atomic mass is 16.4. The van der Waals surface area contributed by atoms with Crippen LogP contribution >= 0.6 is 0 Å². The van der Waals surface area contributed by atoms with Crippen LogP contribution in [-0.2, 0) is 6.42 Å². The van der Waals surface area contributed by atoms with Gasteiger partial charge in [-0.25, -0.2) is 0 Å². The average molecular weight is 466 g/mol. The van der Waals surface area contributed by atoms with Crippen LogP contribution in [-0.4, -0.2) is 76.7 Å². The van der Waals surface area contributed by atoms with E-state index in [0.29, 0.717) is 5.56 Å². The standard InChI is InChI=1S/C23H30O10/c1-10(9-24)20(30)23(33)21(31)11(2)18-16(28)8-17(29)19(22(18)32)14(26)6-4-12-3-5-13(25)15(27)7-12/h3,5,7-8,10-11,20-21,23-25,27-33H,4,6,9H2,1-2H3/t10-,11+,20-,21+,23+/m1/s1. The second kappa shape index (κ2) is 10.7. The van der Waals surface area contributed by atoms with Crippen LogP contribution in [0.15, 0.2) is 24.3 Å². The van der Waals surface area contributed by atoms with E-state index >= 15 is 0 Å².